The van der Waals surface area contributed by atoms with Gasteiger partial charge in [0.15, 0.2) is 0 Å². The highest BCUT2D eigenvalue weighted by atomic mass is 16.2. The van der Waals surface area contributed by atoms with Gasteiger partial charge in [-0.05, 0) is 31.4 Å². The van der Waals surface area contributed by atoms with Gasteiger partial charge in [0.1, 0.15) is 0 Å². The highest BCUT2D eigenvalue weighted by Crippen LogP contribution is 2.04. The number of aryl methyl sites for hydroxylation is 2. The summed E-state index contributed by atoms with van der Waals surface area (Å²) >= 11 is 0. The number of nitrogens with one attached hydrogen (secondary N) is 1. The molecule has 1 aliphatic rings. The SMILES string of the molecule is Cc1ccn(CCCCC(=O)N2CCNCC2)c(=O)c1. The Labute approximate surface area is 119 Å². The lowest BCUT2D eigenvalue weighted by Gasteiger charge is -2.27. The molecule has 0 aromatic carbocycles. The van der Waals surface area contributed by atoms with E-state index < -0.39 is 0 Å². The Bertz CT molecular complexity index is 504. The molecule has 1 aliphatic heterocycles. The first-order valence-corrected chi connectivity index (χ1v) is 7.32. The van der Waals surface area contributed by atoms with Crippen molar-refractivity contribution in [2.75, 3.05) is 26.2 Å². The minimum absolute atomic E-state index is 0.0402. The average Bonchev–Trinajstić information content (AvgIpc) is 2.46. The Morgan fingerprint density at radius 3 is 2.75 bits per heavy atom. The zero-order valence-electron chi connectivity index (χ0n) is 12.1. The maximum Gasteiger partial charge on any atom is 0.250 e. The molecule has 1 aromatic heterocycles. The lowest BCUT2D eigenvalue weighted by atomic mass is 10.2. The Morgan fingerprint density at radius 2 is 2.05 bits per heavy atom. The molecule has 2 rings (SSSR count). The van der Waals surface area contributed by atoms with E-state index in [-0.39, 0.29) is 11.5 Å². The predicted octanol–water partition coefficient (Wildman–Crippen LogP) is 0.759. The largest absolute Gasteiger partial charge is 0.340 e. The fourth-order valence-electron chi connectivity index (χ4n) is 2.42. The highest BCUT2D eigenvalue weighted by Gasteiger charge is 2.15. The van der Waals surface area contributed by atoms with Crippen LogP contribution in [0.4, 0.5) is 0 Å². The molecule has 0 unspecified atom stereocenters. The number of hydrogen-bond donors (Lipinski definition) is 1. The summed E-state index contributed by atoms with van der Waals surface area (Å²) in [5.74, 6) is 0.239. The molecule has 20 heavy (non-hydrogen) atoms. The number of carbonyl (C=O) groups is 1. The predicted molar refractivity (Wildman–Crippen MR) is 78.7 cm³/mol. The lowest BCUT2D eigenvalue weighted by molar-refractivity contribution is -0.131. The van der Waals surface area contributed by atoms with Crippen molar-refractivity contribution < 1.29 is 4.79 Å². The molecule has 0 radical (unpaired) electrons. The van der Waals surface area contributed by atoms with E-state index in [1.54, 1.807) is 10.6 Å². The van der Waals surface area contributed by atoms with Gasteiger partial charge in [0.2, 0.25) is 5.91 Å². The Morgan fingerprint density at radius 1 is 1.30 bits per heavy atom. The second-order valence-electron chi connectivity index (χ2n) is 5.32. The molecule has 0 bridgehead atoms. The summed E-state index contributed by atoms with van der Waals surface area (Å²) in [5.41, 5.74) is 1.03. The molecule has 1 saturated heterocycles. The summed E-state index contributed by atoms with van der Waals surface area (Å²) in [4.78, 5) is 25.6. The molecule has 1 N–H and O–H groups in total. The third-order valence-electron chi connectivity index (χ3n) is 3.66. The number of pyridine rings is 1. The van der Waals surface area contributed by atoms with Crippen molar-refractivity contribution in [1.29, 1.82) is 0 Å². The Balaban J connectivity index is 1.70. The average molecular weight is 277 g/mol. The fraction of sp³-hybridized carbons (Fsp3) is 0.600. The van der Waals surface area contributed by atoms with Gasteiger partial charge in [-0.25, -0.2) is 0 Å². The van der Waals surface area contributed by atoms with Crippen LogP contribution in [0.3, 0.4) is 0 Å². The van der Waals surface area contributed by atoms with Gasteiger partial charge in [-0.2, -0.15) is 0 Å². The van der Waals surface area contributed by atoms with Crippen molar-refractivity contribution in [2.45, 2.75) is 32.7 Å². The van der Waals surface area contributed by atoms with Gasteiger partial charge in [-0.3, -0.25) is 9.59 Å². The summed E-state index contributed by atoms with van der Waals surface area (Å²) in [5, 5.41) is 3.24. The summed E-state index contributed by atoms with van der Waals surface area (Å²) < 4.78 is 1.71. The molecule has 1 amide bonds. The van der Waals surface area contributed by atoms with Crippen LogP contribution in [0.1, 0.15) is 24.8 Å². The summed E-state index contributed by atoms with van der Waals surface area (Å²) in [6.45, 7) is 6.02. The number of nitrogens with zero attached hydrogens (tertiary/aromatic N) is 2. The highest BCUT2D eigenvalue weighted by molar-refractivity contribution is 5.76. The second kappa shape index (κ2) is 7.24. The van der Waals surface area contributed by atoms with Crippen molar-refractivity contribution in [3.8, 4) is 0 Å². The molecule has 2 heterocycles. The lowest BCUT2D eigenvalue weighted by Crippen LogP contribution is -2.46. The van der Waals surface area contributed by atoms with Crippen molar-refractivity contribution in [3.63, 3.8) is 0 Å². The van der Waals surface area contributed by atoms with Gasteiger partial charge in [0, 0.05) is 51.4 Å². The zero-order chi connectivity index (χ0) is 14.4. The summed E-state index contributed by atoms with van der Waals surface area (Å²) in [6, 6.07) is 3.58. The maximum atomic E-state index is 12.0. The van der Waals surface area contributed by atoms with E-state index in [1.165, 1.54) is 0 Å². The van der Waals surface area contributed by atoms with E-state index in [0.29, 0.717) is 13.0 Å². The third-order valence-corrected chi connectivity index (χ3v) is 3.66. The van der Waals surface area contributed by atoms with Crippen LogP contribution in [0.15, 0.2) is 23.1 Å². The molecular formula is C15H23N3O2. The minimum atomic E-state index is 0.0402. The van der Waals surface area contributed by atoms with E-state index in [1.807, 2.05) is 24.1 Å². The van der Waals surface area contributed by atoms with Gasteiger partial charge in [-0.1, -0.05) is 0 Å². The first-order valence-electron chi connectivity index (χ1n) is 7.32. The molecular weight excluding hydrogens is 254 g/mol. The standard InChI is InChI=1S/C15H23N3O2/c1-13-5-9-17(15(20)12-13)8-3-2-4-14(19)18-10-6-16-7-11-18/h5,9,12,16H,2-4,6-8,10-11H2,1H3. The normalized spacial score (nSPS) is 15.3. The number of hydrogen-bond acceptors (Lipinski definition) is 3. The quantitative estimate of drug-likeness (QED) is 0.808. The van der Waals surface area contributed by atoms with E-state index in [9.17, 15) is 9.59 Å². The molecule has 0 spiro atoms. The smallest absolute Gasteiger partial charge is 0.250 e. The van der Waals surface area contributed by atoms with Crippen molar-refractivity contribution in [2.24, 2.45) is 0 Å². The van der Waals surface area contributed by atoms with Crippen LogP contribution in [-0.2, 0) is 11.3 Å². The molecule has 1 fully saturated rings. The monoisotopic (exact) mass is 277 g/mol. The molecule has 0 atom stereocenters. The number of carbonyl (C=O) groups excluding carboxylic acids is 1. The van der Waals surface area contributed by atoms with Crippen LogP contribution >= 0.6 is 0 Å². The van der Waals surface area contributed by atoms with Gasteiger partial charge < -0.3 is 14.8 Å². The van der Waals surface area contributed by atoms with Gasteiger partial charge in [-0.15, -0.1) is 0 Å². The van der Waals surface area contributed by atoms with Crippen LogP contribution < -0.4 is 10.9 Å². The van der Waals surface area contributed by atoms with Crippen LogP contribution in [-0.4, -0.2) is 41.6 Å². The van der Waals surface area contributed by atoms with Gasteiger partial charge in [0.05, 0.1) is 0 Å². The van der Waals surface area contributed by atoms with Crippen LogP contribution in [0, 0.1) is 6.92 Å². The zero-order valence-corrected chi connectivity index (χ0v) is 12.1. The van der Waals surface area contributed by atoms with E-state index >= 15 is 0 Å². The summed E-state index contributed by atoms with van der Waals surface area (Å²) in [7, 11) is 0. The van der Waals surface area contributed by atoms with E-state index in [0.717, 1.165) is 44.6 Å². The van der Waals surface area contributed by atoms with Crippen LogP contribution in [0.25, 0.3) is 0 Å². The first-order chi connectivity index (χ1) is 9.66. The van der Waals surface area contributed by atoms with Crippen molar-refractivity contribution in [1.82, 2.24) is 14.8 Å². The molecule has 5 nitrogen and oxygen atoms in total. The first kappa shape index (κ1) is 14.8. The number of piperazine rings is 1. The fourth-order valence-corrected chi connectivity index (χ4v) is 2.42. The van der Waals surface area contributed by atoms with E-state index in [2.05, 4.69) is 5.32 Å². The molecule has 110 valence electrons. The third kappa shape index (κ3) is 4.20. The van der Waals surface area contributed by atoms with Gasteiger partial charge >= 0.3 is 0 Å². The van der Waals surface area contributed by atoms with E-state index in [4.69, 9.17) is 0 Å². The molecule has 1 aromatic rings. The minimum Gasteiger partial charge on any atom is -0.340 e. The second-order valence-corrected chi connectivity index (χ2v) is 5.32. The number of rotatable bonds is 5. The number of aromatic nitrogens is 1. The molecule has 0 aliphatic carbocycles. The van der Waals surface area contributed by atoms with Crippen LogP contribution in [0.5, 0.6) is 0 Å². The Kier molecular flexibility index (Phi) is 5.35. The molecule has 5 heteroatoms. The van der Waals surface area contributed by atoms with Crippen molar-refractivity contribution in [3.05, 3.63) is 34.2 Å². The van der Waals surface area contributed by atoms with Crippen LogP contribution in [0.2, 0.25) is 0 Å². The maximum absolute atomic E-state index is 12.0. The Hall–Kier alpha value is -1.62. The number of unbranched alkanes of at least 4 members (excludes halogenated alkanes) is 1. The van der Waals surface area contributed by atoms with Crippen molar-refractivity contribution >= 4 is 5.91 Å². The van der Waals surface area contributed by atoms with Gasteiger partial charge in [0.25, 0.3) is 5.56 Å². The number of amides is 1. The topological polar surface area (TPSA) is 54.3 Å². The summed E-state index contributed by atoms with van der Waals surface area (Å²) in [6.07, 6.45) is 4.11. The molecule has 0 saturated carbocycles.